The van der Waals surface area contributed by atoms with E-state index in [1.807, 2.05) is 12.1 Å². The Morgan fingerprint density at radius 3 is 2.63 bits per heavy atom. The highest BCUT2D eigenvalue weighted by molar-refractivity contribution is 5.97. The molecule has 1 aromatic rings. The van der Waals surface area contributed by atoms with Gasteiger partial charge in [0.2, 0.25) is 0 Å². The van der Waals surface area contributed by atoms with Crippen LogP contribution in [0.1, 0.15) is 44.6 Å². The number of benzene rings is 1. The maximum absolute atomic E-state index is 12.7. The predicted octanol–water partition coefficient (Wildman–Crippen LogP) is 3.23. The number of rotatable bonds is 4. The SMILES string of the molecule is CCC1CCC(C(=O)Nc2cccc(C)c2N2CCC3(CC2)OCCO3)O1. The fourth-order valence-corrected chi connectivity index (χ4v) is 4.45. The lowest BCUT2D eigenvalue weighted by molar-refractivity contribution is -0.169. The Morgan fingerprint density at radius 1 is 1.22 bits per heavy atom. The Balaban J connectivity index is 1.46. The van der Waals surface area contributed by atoms with Gasteiger partial charge in [0.1, 0.15) is 6.10 Å². The Morgan fingerprint density at radius 2 is 1.96 bits per heavy atom. The van der Waals surface area contributed by atoms with Crippen molar-refractivity contribution in [1.29, 1.82) is 0 Å². The number of nitrogens with one attached hydrogen (secondary N) is 1. The number of hydrogen-bond donors (Lipinski definition) is 1. The molecule has 0 radical (unpaired) electrons. The first-order valence-electron chi connectivity index (χ1n) is 10.2. The molecule has 27 heavy (non-hydrogen) atoms. The zero-order valence-corrected chi connectivity index (χ0v) is 16.3. The highest BCUT2D eigenvalue weighted by Crippen LogP contribution is 2.37. The summed E-state index contributed by atoms with van der Waals surface area (Å²) in [5, 5.41) is 3.13. The highest BCUT2D eigenvalue weighted by atomic mass is 16.7. The molecular weight excluding hydrogens is 344 g/mol. The Hall–Kier alpha value is -1.63. The van der Waals surface area contributed by atoms with Gasteiger partial charge in [-0.15, -0.1) is 0 Å². The highest BCUT2D eigenvalue weighted by Gasteiger charge is 2.40. The standard InChI is InChI=1S/C21H30N2O4/c1-3-16-7-8-18(27-16)20(24)22-17-6-4-5-15(2)19(17)23-11-9-21(10-12-23)25-13-14-26-21/h4-6,16,18H,3,7-14H2,1-2H3,(H,22,24). The van der Waals surface area contributed by atoms with Crippen LogP contribution in [0.3, 0.4) is 0 Å². The second-order valence-corrected chi connectivity index (χ2v) is 7.79. The molecular formula is C21H30N2O4. The van der Waals surface area contributed by atoms with Crippen LogP contribution in [0.15, 0.2) is 18.2 Å². The summed E-state index contributed by atoms with van der Waals surface area (Å²) in [4.78, 5) is 15.1. The number of amides is 1. The van der Waals surface area contributed by atoms with Gasteiger partial charge < -0.3 is 24.4 Å². The number of carbonyl (C=O) groups is 1. The third-order valence-electron chi connectivity index (χ3n) is 6.01. The summed E-state index contributed by atoms with van der Waals surface area (Å²) in [5.41, 5.74) is 3.13. The van der Waals surface area contributed by atoms with Crippen molar-refractivity contribution < 1.29 is 19.0 Å². The number of para-hydroxylation sites is 1. The smallest absolute Gasteiger partial charge is 0.253 e. The minimum atomic E-state index is -0.393. The van der Waals surface area contributed by atoms with Crippen LogP contribution in [0.25, 0.3) is 0 Å². The second-order valence-electron chi connectivity index (χ2n) is 7.79. The Kier molecular flexibility index (Phi) is 5.39. The number of carbonyl (C=O) groups excluding carboxylic acids is 1. The van der Waals surface area contributed by atoms with Gasteiger partial charge in [-0.1, -0.05) is 19.1 Å². The molecule has 0 aromatic heterocycles. The molecule has 3 heterocycles. The summed E-state index contributed by atoms with van der Waals surface area (Å²) in [5.74, 6) is -0.427. The molecule has 2 atom stereocenters. The molecule has 6 nitrogen and oxygen atoms in total. The van der Waals surface area contributed by atoms with Crippen LogP contribution >= 0.6 is 0 Å². The molecule has 0 aliphatic carbocycles. The van der Waals surface area contributed by atoms with Gasteiger partial charge in [0.05, 0.1) is 30.7 Å². The third-order valence-corrected chi connectivity index (χ3v) is 6.01. The lowest BCUT2D eigenvalue weighted by Crippen LogP contribution is -2.45. The van der Waals surface area contributed by atoms with E-state index in [9.17, 15) is 4.79 Å². The zero-order valence-electron chi connectivity index (χ0n) is 16.3. The summed E-state index contributed by atoms with van der Waals surface area (Å²) < 4.78 is 17.6. The average Bonchev–Trinajstić information content (AvgIpc) is 3.33. The maximum Gasteiger partial charge on any atom is 0.253 e. The van der Waals surface area contributed by atoms with Gasteiger partial charge in [-0.05, 0) is 37.8 Å². The topological polar surface area (TPSA) is 60.0 Å². The van der Waals surface area contributed by atoms with Crippen molar-refractivity contribution in [2.45, 2.75) is 63.9 Å². The van der Waals surface area contributed by atoms with Crippen molar-refractivity contribution >= 4 is 17.3 Å². The van der Waals surface area contributed by atoms with E-state index in [4.69, 9.17) is 14.2 Å². The van der Waals surface area contributed by atoms with Crippen molar-refractivity contribution in [2.75, 3.05) is 36.5 Å². The van der Waals surface area contributed by atoms with Gasteiger partial charge in [0, 0.05) is 25.9 Å². The van der Waals surface area contributed by atoms with Crippen molar-refractivity contribution in [3.05, 3.63) is 23.8 Å². The molecule has 3 fully saturated rings. The molecule has 0 bridgehead atoms. The number of nitrogens with zero attached hydrogens (tertiary/aromatic N) is 1. The normalized spacial score (nSPS) is 27.3. The summed E-state index contributed by atoms with van der Waals surface area (Å²) in [6.45, 7) is 7.27. The lowest BCUT2D eigenvalue weighted by Gasteiger charge is -2.40. The Labute approximate surface area is 161 Å². The lowest BCUT2D eigenvalue weighted by atomic mass is 10.0. The minimum Gasteiger partial charge on any atom is -0.369 e. The van der Waals surface area contributed by atoms with E-state index in [2.05, 4.69) is 30.1 Å². The molecule has 3 aliphatic rings. The fourth-order valence-electron chi connectivity index (χ4n) is 4.45. The van der Waals surface area contributed by atoms with Crippen LogP contribution in [0.2, 0.25) is 0 Å². The molecule has 4 rings (SSSR count). The number of piperidine rings is 1. The molecule has 3 saturated heterocycles. The van der Waals surface area contributed by atoms with Crippen LogP contribution < -0.4 is 10.2 Å². The maximum atomic E-state index is 12.7. The first kappa shape index (κ1) is 18.7. The number of hydrogen-bond acceptors (Lipinski definition) is 5. The van der Waals surface area contributed by atoms with Crippen LogP contribution in [-0.2, 0) is 19.0 Å². The van der Waals surface area contributed by atoms with E-state index < -0.39 is 5.79 Å². The van der Waals surface area contributed by atoms with E-state index in [0.29, 0.717) is 13.2 Å². The average molecular weight is 374 g/mol. The third kappa shape index (κ3) is 3.84. The van der Waals surface area contributed by atoms with Crippen molar-refractivity contribution in [3.63, 3.8) is 0 Å². The monoisotopic (exact) mass is 374 g/mol. The van der Waals surface area contributed by atoms with Gasteiger partial charge in [-0.2, -0.15) is 0 Å². The van der Waals surface area contributed by atoms with E-state index in [1.165, 1.54) is 0 Å². The van der Waals surface area contributed by atoms with Gasteiger partial charge in [0.25, 0.3) is 5.91 Å². The first-order chi connectivity index (χ1) is 13.1. The number of ether oxygens (including phenoxy) is 3. The number of aryl methyl sites for hydroxylation is 1. The zero-order chi connectivity index (χ0) is 18.9. The van der Waals surface area contributed by atoms with Crippen molar-refractivity contribution in [2.24, 2.45) is 0 Å². The van der Waals surface area contributed by atoms with E-state index in [0.717, 1.165) is 62.1 Å². The molecule has 3 aliphatic heterocycles. The van der Waals surface area contributed by atoms with Crippen LogP contribution in [0.5, 0.6) is 0 Å². The van der Waals surface area contributed by atoms with E-state index in [1.54, 1.807) is 0 Å². The number of anilines is 2. The molecule has 2 unspecified atom stereocenters. The van der Waals surface area contributed by atoms with E-state index in [-0.39, 0.29) is 18.1 Å². The van der Waals surface area contributed by atoms with Gasteiger partial charge in [0.15, 0.2) is 5.79 Å². The first-order valence-corrected chi connectivity index (χ1v) is 10.2. The summed E-state index contributed by atoms with van der Waals surface area (Å²) in [6, 6.07) is 6.07. The molecule has 6 heteroatoms. The van der Waals surface area contributed by atoms with Crippen LogP contribution in [-0.4, -0.2) is 50.2 Å². The van der Waals surface area contributed by atoms with Crippen LogP contribution in [0.4, 0.5) is 11.4 Å². The molecule has 1 amide bonds. The summed E-state index contributed by atoms with van der Waals surface area (Å²) in [7, 11) is 0. The van der Waals surface area contributed by atoms with Crippen molar-refractivity contribution in [3.8, 4) is 0 Å². The quantitative estimate of drug-likeness (QED) is 0.877. The Bertz CT molecular complexity index is 677. The summed E-state index contributed by atoms with van der Waals surface area (Å²) >= 11 is 0. The van der Waals surface area contributed by atoms with Gasteiger partial charge in [-0.25, -0.2) is 0 Å². The molecule has 1 aromatic carbocycles. The molecule has 148 valence electrons. The second kappa shape index (κ2) is 7.78. The van der Waals surface area contributed by atoms with Crippen molar-refractivity contribution in [1.82, 2.24) is 0 Å². The molecule has 0 saturated carbocycles. The van der Waals surface area contributed by atoms with Gasteiger partial charge in [-0.3, -0.25) is 4.79 Å². The molecule has 1 N–H and O–H groups in total. The van der Waals surface area contributed by atoms with Gasteiger partial charge >= 0.3 is 0 Å². The van der Waals surface area contributed by atoms with Crippen LogP contribution in [0, 0.1) is 6.92 Å². The largest absolute Gasteiger partial charge is 0.369 e. The van der Waals surface area contributed by atoms with E-state index >= 15 is 0 Å². The molecule has 1 spiro atoms. The predicted molar refractivity (Wildman–Crippen MR) is 104 cm³/mol. The summed E-state index contributed by atoms with van der Waals surface area (Å²) in [6.07, 6.45) is 4.28. The fraction of sp³-hybridized carbons (Fsp3) is 0.667. The minimum absolute atomic E-state index is 0.0336.